The van der Waals surface area contributed by atoms with Crippen LogP contribution in [0.25, 0.3) is 0 Å². The van der Waals surface area contributed by atoms with Crippen LogP contribution in [0.3, 0.4) is 0 Å². The Morgan fingerprint density at radius 3 is 1.36 bits per heavy atom. The van der Waals surface area contributed by atoms with Gasteiger partial charge in [0.25, 0.3) is 8.32 Å². The molecule has 0 aliphatic carbocycles. The summed E-state index contributed by atoms with van der Waals surface area (Å²) in [4.78, 5) is 0. The van der Waals surface area contributed by atoms with E-state index in [-0.39, 0.29) is 11.5 Å². The van der Waals surface area contributed by atoms with E-state index in [1.807, 2.05) is 13.1 Å². The lowest BCUT2D eigenvalue weighted by molar-refractivity contribution is 0.241. The molecule has 0 heterocycles. The Bertz CT molecular complexity index is 871. The van der Waals surface area contributed by atoms with Gasteiger partial charge in [0, 0.05) is 0 Å². The van der Waals surface area contributed by atoms with E-state index < -0.39 is 32.5 Å². The molecule has 28 heavy (non-hydrogen) atoms. The largest absolute Gasteiger partial charge is 0.540 e. The number of rotatable bonds is 7. The van der Waals surface area contributed by atoms with E-state index >= 15 is 0 Å². The lowest BCUT2D eigenvalue weighted by atomic mass is 10.3. The summed E-state index contributed by atoms with van der Waals surface area (Å²) in [5, 5.41) is 0.749. The van der Waals surface area contributed by atoms with Crippen LogP contribution in [-0.2, 0) is 0 Å². The molecule has 0 N–H and O–H groups in total. The lowest BCUT2D eigenvalue weighted by Crippen LogP contribution is -2.47. The normalized spacial score (nSPS) is 10.9. The fraction of sp³-hybridized carbons (Fsp3) is 0.111. The first kappa shape index (κ1) is 21.4. The molecular weight excluding hydrogens is 406 g/mol. The minimum atomic E-state index is -2.56. The lowest BCUT2D eigenvalue weighted by Gasteiger charge is -2.25. The van der Waals surface area contributed by atoms with E-state index in [0.717, 1.165) is 5.19 Å². The molecule has 2 aromatic rings. The van der Waals surface area contributed by atoms with Crippen LogP contribution >= 0.6 is 0 Å². The highest BCUT2D eigenvalue weighted by Crippen LogP contribution is 2.24. The third-order valence-corrected chi connectivity index (χ3v) is 5.93. The van der Waals surface area contributed by atoms with Crippen LogP contribution in [0.15, 0.2) is 72.7 Å². The first-order valence-electron chi connectivity index (χ1n) is 7.75. The number of ether oxygens (including phenoxy) is 2. The Morgan fingerprint density at radius 1 is 0.607 bits per heavy atom. The van der Waals surface area contributed by atoms with Gasteiger partial charge in [0.1, 0.15) is 17.2 Å². The molecule has 0 aromatic heterocycles. The molecule has 0 radical (unpaired) electrons. The van der Waals surface area contributed by atoms with E-state index in [2.05, 4.69) is 9.47 Å². The van der Waals surface area contributed by atoms with Crippen molar-refractivity contribution in [2.24, 2.45) is 0 Å². The Morgan fingerprint density at radius 2 is 0.964 bits per heavy atom. The zero-order valence-electron chi connectivity index (χ0n) is 14.6. The molecule has 2 aromatic carbocycles. The summed E-state index contributed by atoms with van der Waals surface area (Å²) in [6, 6.07) is 7.20. The van der Waals surface area contributed by atoms with Gasteiger partial charge in [-0.1, -0.05) is 12.1 Å². The van der Waals surface area contributed by atoms with Crippen LogP contribution in [0.4, 0.5) is 26.3 Å². The van der Waals surface area contributed by atoms with Crippen LogP contribution in [0.1, 0.15) is 0 Å². The molecule has 10 heteroatoms. The second-order valence-corrected chi connectivity index (χ2v) is 9.68. The maximum Gasteiger partial charge on any atom is 0.344 e. The van der Waals surface area contributed by atoms with Crippen molar-refractivity contribution in [3.8, 4) is 17.2 Å². The summed E-state index contributed by atoms with van der Waals surface area (Å²) in [6.07, 6.45) is -5.12. The highest BCUT2D eigenvalue weighted by Gasteiger charge is 2.27. The van der Waals surface area contributed by atoms with Crippen molar-refractivity contribution < 1.29 is 40.2 Å². The minimum Gasteiger partial charge on any atom is -0.540 e. The molecule has 0 bridgehead atoms. The SMILES string of the molecule is C[Si](C)(Oc1ccc(OC(F)=C(F)F)cc1)c1ccc(OC(F)=C(F)F)cc1. The fourth-order valence-corrected chi connectivity index (χ4v) is 3.95. The maximum absolute atomic E-state index is 12.8. The number of hydrogen-bond donors (Lipinski definition) is 0. The molecule has 0 aliphatic rings. The number of benzene rings is 2. The van der Waals surface area contributed by atoms with Gasteiger partial charge in [0.2, 0.25) is 0 Å². The van der Waals surface area contributed by atoms with E-state index in [1.54, 1.807) is 12.1 Å². The maximum atomic E-state index is 12.8. The van der Waals surface area contributed by atoms with E-state index in [4.69, 9.17) is 4.43 Å². The van der Waals surface area contributed by atoms with Gasteiger partial charge in [0.15, 0.2) is 0 Å². The van der Waals surface area contributed by atoms with Gasteiger partial charge in [0.05, 0.1) is 0 Å². The Hall–Kier alpha value is -2.88. The van der Waals surface area contributed by atoms with Crippen LogP contribution in [-0.4, -0.2) is 8.32 Å². The molecule has 0 saturated carbocycles. The molecule has 0 atom stereocenters. The molecule has 0 spiro atoms. The second-order valence-electron chi connectivity index (χ2n) is 5.88. The third kappa shape index (κ3) is 5.81. The molecule has 0 amide bonds. The predicted molar refractivity (Wildman–Crippen MR) is 92.6 cm³/mol. The summed E-state index contributed by atoms with van der Waals surface area (Å²) < 4.78 is 88.4. The molecule has 0 saturated heterocycles. The van der Waals surface area contributed by atoms with Gasteiger partial charge >= 0.3 is 24.2 Å². The molecule has 0 unspecified atom stereocenters. The summed E-state index contributed by atoms with van der Waals surface area (Å²) >= 11 is 0. The van der Waals surface area contributed by atoms with Gasteiger partial charge < -0.3 is 13.9 Å². The van der Waals surface area contributed by atoms with Crippen molar-refractivity contribution in [1.29, 1.82) is 0 Å². The van der Waals surface area contributed by atoms with E-state index in [0.29, 0.717) is 5.75 Å². The summed E-state index contributed by atoms with van der Waals surface area (Å²) in [5.41, 5.74) is 0. The predicted octanol–water partition coefficient (Wildman–Crippen LogP) is 6.01. The van der Waals surface area contributed by atoms with Crippen molar-refractivity contribution in [2.75, 3.05) is 0 Å². The van der Waals surface area contributed by atoms with E-state index in [1.165, 1.54) is 36.4 Å². The second kappa shape index (κ2) is 8.87. The van der Waals surface area contributed by atoms with Crippen molar-refractivity contribution in [2.45, 2.75) is 13.1 Å². The molecule has 150 valence electrons. The van der Waals surface area contributed by atoms with Gasteiger partial charge in [-0.2, -0.15) is 26.3 Å². The standard InChI is InChI=1S/C18H14F6O3Si/c1-28(2,14-9-7-12(8-10-14)26-18(24)16(21)22)27-13-5-3-11(4-6-13)25-17(23)15(19)20/h3-10H,1-2H3. The topological polar surface area (TPSA) is 27.7 Å². The molecule has 2 rings (SSSR count). The number of hydrogen-bond acceptors (Lipinski definition) is 3. The summed E-state index contributed by atoms with van der Waals surface area (Å²) in [6.45, 7) is 3.69. The summed E-state index contributed by atoms with van der Waals surface area (Å²) in [5.74, 6) is 0.159. The average molecular weight is 420 g/mol. The van der Waals surface area contributed by atoms with E-state index in [9.17, 15) is 26.3 Å². The first-order valence-corrected chi connectivity index (χ1v) is 10.7. The van der Waals surface area contributed by atoms with Crippen LogP contribution in [0.2, 0.25) is 13.1 Å². The zero-order valence-corrected chi connectivity index (χ0v) is 15.6. The molecule has 0 aliphatic heterocycles. The highest BCUT2D eigenvalue weighted by molar-refractivity contribution is 6.85. The van der Waals surface area contributed by atoms with Crippen molar-refractivity contribution >= 4 is 13.5 Å². The third-order valence-electron chi connectivity index (χ3n) is 3.46. The van der Waals surface area contributed by atoms with Crippen molar-refractivity contribution in [1.82, 2.24) is 0 Å². The molecule has 0 fully saturated rings. The Balaban J connectivity index is 2.08. The smallest absolute Gasteiger partial charge is 0.344 e. The fourth-order valence-electron chi connectivity index (χ4n) is 2.14. The monoisotopic (exact) mass is 420 g/mol. The zero-order chi connectivity index (χ0) is 20.9. The summed E-state index contributed by atoms with van der Waals surface area (Å²) in [7, 11) is -2.53. The van der Waals surface area contributed by atoms with Gasteiger partial charge in [-0.15, -0.1) is 0 Å². The highest BCUT2D eigenvalue weighted by atomic mass is 28.4. The van der Waals surface area contributed by atoms with Crippen LogP contribution in [0, 0.1) is 0 Å². The van der Waals surface area contributed by atoms with Crippen molar-refractivity contribution in [3.63, 3.8) is 0 Å². The molecule has 3 nitrogen and oxygen atoms in total. The van der Waals surface area contributed by atoms with Gasteiger partial charge in [-0.25, -0.2) is 0 Å². The average Bonchev–Trinajstić information content (AvgIpc) is 2.63. The van der Waals surface area contributed by atoms with Gasteiger partial charge in [-0.05, 0) is 54.7 Å². The molecular formula is C18H14F6O3Si. The van der Waals surface area contributed by atoms with Crippen LogP contribution < -0.4 is 19.1 Å². The minimum absolute atomic E-state index is 0.101. The van der Waals surface area contributed by atoms with Crippen molar-refractivity contribution in [3.05, 3.63) is 72.7 Å². The quantitative estimate of drug-likeness (QED) is 0.312. The number of halogens is 6. The Labute approximate surface area is 157 Å². The van der Waals surface area contributed by atoms with Crippen LogP contribution in [0.5, 0.6) is 17.2 Å². The van der Waals surface area contributed by atoms with Gasteiger partial charge in [-0.3, -0.25) is 0 Å². The first-order chi connectivity index (χ1) is 13.1. The Kier molecular flexibility index (Phi) is 6.79.